The van der Waals surface area contributed by atoms with Gasteiger partial charge in [-0.3, -0.25) is 0 Å². The average Bonchev–Trinajstić information content (AvgIpc) is 3.27. The summed E-state index contributed by atoms with van der Waals surface area (Å²) in [6.45, 7) is 2.79. The second-order valence-corrected chi connectivity index (χ2v) is 9.62. The number of benzene rings is 2. The molecule has 0 radical (unpaired) electrons. The lowest BCUT2D eigenvalue weighted by Crippen LogP contribution is -2.19. The summed E-state index contributed by atoms with van der Waals surface area (Å²) >= 11 is 0. The van der Waals surface area contributed by atoms with Gasteiger partial charge >= 0.3 is 6.09 Å². The summed E-state index contributed by atoms with van der Waals surface area (Å²) in [4.78, 5) is 15.4. The summed E-state index contributed by atoms with van der Waals surface area (Å²) in [5.41, 5.74) is 4.96. The van der Waals surface area contributed by atoms with Crippen LogP contribution in [0.25, 0.3) is 0 Å². The molecular weight excluding hydrogens is 440 g/mol. The van der Waals surface area contributed by atoms with Crippen molar-refractivity contribution in [1.29, 1.82) is 0 Å². The summed E-state index contributed by atoms with van der Waals surface area (Å²) < 4.78 is 4.89. The van der Waals surface area contributed by atoms with E-state index in [1.54, 1.807) is 0 Å². The zero-order valence-corrected chi connectivity index (χ0v) is 22.1. The van der Waals surface area contributed by atoms with E-state index in [1.165, 1.54) is 17.5 Å². The molecule has 1 saturated heterocycles. The van der Waals surface area contributed by atoms with Crippen molar-refractivity contribution in [2.45, 2.75) is 37.8 Å². The van der Waals surface area contributed by atoms with E-state index in [1.807, 2.05) is 7.05 Å². The molecule has 2 unspecified atom stereocenters. The van der Waals surface area contributed by atoms with Gasteiger partial charge in [-0.15, -0.1) is 0 Å². The highest BCUT2D eigenvalue weighted by Crippen LogP contribution is 2.19. The van der Waals surface area contributed by atoms with Crippen LogP contribution in [0.4, 0.5) is 4.79 Å². The fourth-order valence-corrected chi connectivity index (χ4v) is 3.96. The molecule has 0 aromatic heterocycles. The highest BCUT2D eigenvalue weighted by atomic mass is 16.6. The lowest BCUT2D eigenvalue weighted by molar-refractivity contribution is 0.177. The van der Waals surface area contributed by atoms with Gasteiger partial charge in [-0.1, -0.05) is 48.5 Å². The number of likely N-dealkylation sites (N-methyl/N-ethyl adjacent to an activating group) is 1. The van der Waals surface area contributed by atoms with Crippen molar-refractivity contribution in [2.75, 3.05) is 61.5 Å². The summed E-state index contributed by atoms with van der Waals surface area (Å²) in [6.07, 6.45) is 4.22. The van der Waals surface area contributed by atoms with Crippen LogP contribution in [0, 0.1) is 0 Å². The van der Waals surface area contributed by atoms with E-state index in [4.69, 9.17) is 4.74 Å². The minimum absolute atomic E-state index is 0.00771. The first-order valence-electron chi connectivity index (χ1n) is 12.5. The summed E-state index contributed by atoms with van der Waals surface area (Å²) in [6, 6.07) is 17.0. The molecule has 1 amide bonds. The van der Waals surface area contributed by atoms with E-state index in [0.717, 1.165) is 43.5 Å². The molecule has 1 heterocycles. The molecule has 0 aliphatic carbocycles. The predicted octanol–water partition coefficient (Wildman–Crippen LogP) is 3.40. The first-order valence-corrected chi connectivity index (χ1v) is 12.5. The third-order valence-corrected chi connectivity index (χ3v) is 6.11. The van der Waals surface area contributed by atoms with Crippen LogP contribution in [0.5, 0.6) is 0 Å². The number of rotatable bonds is 12. The topological polar surface area (TPSA) is 77.1 Å². The number of amides is 1. The van der Waals surface area contributed by atoms with Crippen molar-refractivity contribution in [3.8, 4) is 0 Å². The van der Waals surface area contributed by atoms with Gasteiger partial charge in [0.25, 0.3) is 0 Å². The molecule has 7 nitrogen and oxygen atoms in total. The smallest absolute Gasteiger partial charge is 0.407 e. The highest BCUT2D eigenvalue weighted by molar-refractivity contribution is 5.70. The Hall–Kier alpha value is -2.45. The van der Waals surface area contributed by atoms with Crippen LogP contribution in [0.1, 0.15) is 47.2 Å². The number of carbonyl (C=O) groups is 1. The molecule has 2 atom stereocenters. The van der Waals surface area contributed by atoms with Crippen LogP contribution in [-0.2, 0) is 17.6 Å². The lowest BCUT2D eigenvalue weighted by Gasteiger charge is -2.14. The largest absolute Gasteiger partial charge is 0.447 e. The van der Waals surface area contributed by atoms with Crippen molar-refractivity contribution in [3.63, 3.8) is 0 Å². The minimum Gasteiger partial charge on any atom is -0.447 e. The van der Waals surface area contributed by atoms with Gasteiger partial charge in [-0.2, -0.15) is 0 Å². The van der Waals surface area contributed by atoms with Gasteiger partial charge in [0.05, 0.1) is 18.7 Å². The second kappa shape index (κ2) is 15.5. The first kappa shape index (κ1) is 28.8. The summed E-state index contributed by atoms with van der Waals surface area (Å²) in [5.74, 6) is 0. The Labute approximate surface area is 211 Å². The number of alkyl carbamates (subject to hydrolysis) is 1. The van der Waals surface area contributed by atoms with Gasteiger partial charge < -0.3 is 30.3 Å². The van der Waals surface area contributed by atoms with Crippen molar-refractivity contribution in [1.82, 2.24) is 20.4 Å². The Balaban J connectivity index is 0.000000247. The van der Waals surface area contributed by atoms with Crippen molar-refractivity contribution in [3.05, 3.63) is 70.8 Å². The molecule has 0 bridgehead atoms. The number of hydrogen-bond acceptors (Lipinski definition) is 6. The molecule has 35 heavy (non-hydrogen) atoms. The van der Waals surface area contributed by atoms with E-state index in [-0.39, 0.29) is 24.8 Å². The molecule has 0 spiro atoms. The zero-order chi connectivity index (χ0) is 25.6. The number of aliphatic hydroxyl groups excluding tert-OH is 1. The monoisotopic (exact) mass is 484 g/mol. The average molecular weight is 485 g/mol. The third kappa shape index (κ3) is 10.8. The Morgan fingerprint density at radius 2 is 1.46 bits per heavy atom. The molecule has 2 aromatic carbocycles. The number of cyclic esters (lactones) is 1. The maximum atomic E-state index is 11.0. The zero-order valence-electron chi connectivity index (χ0n) is 22.1. The minimum atomic E-state index is -0.324. The van der Waals surface area contributed by atoms with Gasteiger partial charge in [-0.05, 0) is 96.3 Å². The number of nitrogens with zero attached hydrogens (tertiary/aromatic N) is 2. The Morgan fingerprint density at radius 1 is 0.943 bits per heavy atom. The number of hydrogen-bond donors (Lipinski definition) is 3. The standard InChI is InChI=1S/C14H20N2O2.C14H24N2O/c1-16(2)9-3-4-11-5-7-12(8-6-11)13-10-18-14(17)15-13;1-15-14(11-17)13-8-6-12(7-9-13)5-4-10-16(2)3/h5-8,13H,3-4,9-10H2,1-2H3,(H,15,17);6-9,14-15,17H,4-5,10-11H2,1-3H3. The maximum absolute atomic E-state index is 11.0. The molecule has 2 aromatic rings. The molecule has 7 heteroatoms. The lowest BCUT2D eigenvalue weighted by atomic mass is 10.0. The highest BCUT2D eigenvalue weighted by Gasteiger charge is 2.23. The van der Waals surface area contributed by atoms with E-state index >= 15 is 0 Å². The summed E-state index contributed by atoms with van der Waals surface area (Å²) in [5, 5.41) is 15.1. The van der Waals surface area contributed by atoms with Crippen LogP contribution in [0.2, 0.25) is 0 Å². The maximum Gasteiger partial charge on any atom is 0.407 e. The second-order valence-electron chi connectivity index (χ2n) is 9.62. The van der Waals surface area contributed by atoms with Crippen LogP contribution in [0.15, 0.2) is 48.5 Å². The van der Waals surface area contributed by atoms with E-state index in [0.29, 0.717) is 6.61 Å². The SMILES string of the molecule is CN(C)CCCc1ccc(C2COC(=O)N2)cc1.CNC(CO)c1ccc(CCCN(C)C)cc1. The third-order valence-electron chi connectivity index (χ3n) is 6.11. The molecule has 194 valence electrons. The molecule has 3 rings (SSSR count). The number of nitrogens with one attached hydrogen (secondary N) is 2. The Bertz CT molecular complexity index is 850. The van der Waals surface area contributed by atoms with E-state index in [9.17, 15) is 9.90 Å². The Morgan fingerprint density at radius 3 is 1.86 bits per heavy atom. The quantitative estimate of drug-likeness (QED) is 0.429. The summed E-state index contributed by atoms with van der Waals surface area (Å²) in [7, 11) is 10.2. The van der Waals surface area contributed by atoms with Crippen LogP contribution < -0.4 is 10.6 Å². The molecule has 1 fully saturated rings. The van der Waals surface area contributed by atoms with Crippen molar-refractivity contribution in [2.24, 2.45) is 0 Å². The van der Waals surface area contributed by atoms with Crippen molar-refractivity contribution >= 4 is 6.09 Å². The molecule has 3 N–H and O–H groups in total. The predicted molar refractivity (Wildman–Crippen MR) is 143 cm³/mol. The number of carbonyl (C=O) groups excluding carboxylic acids is 1. The first-order chi connectivity index (χ1) is 16.8. The van der Waals surface area contributed by atoms with Crippen LogP contribution >= 0.6 is 0 Å². The van der Waals surface area contributed by atoms with Crippen LogP contribution in [-0.4, -0.2) is 82.5 Å². The molecule has 0 saturated carbocycles. The van der Waals surface area contributed by atoms with Gasteiger partial charge in [0.15, 0.2) is 0 Å². The fourth-order valence-electron chi connectivity index (χ4n) is 3.96. The fraction of sp³-hybridized carbons (Fsp3) is 0.536. The van der Waals surface area contributed by atoms with E-state index < -0.39 is 0 Å². The number of ether oxygens (including phenoxy) is 1. The normalized spacial score (nSPS) is 16.0. The Kier molecular flexibility index (Phi) is 12.8. The van der Waals surface area contributed by atoms with Gasteiger partial charge in [-0.25, -0.2) is 4.79 Å². The van der Waals surface area contributed by atoms with Gasteiger partial charge in [0.2, 0.25) is 0 Å². The van der Waals surface area contributed by atoms with E-state index in [2.05, 4.69) is 97.2 Å². The van der Waals surface area contributed by atoms with Gasteiger partial charge in [0.1, 0.15) is 6.61 Å². The molecular formula is C28H44N4O3. The number of aliphatic hydroxyl groups is 1. The molecule has 1 aliphatic rings. The van der Waals surface area contributed by atoms with Crippen molar-refractivity contribution < 1.29 is 14.6 Å². The molecule has 1 aliphatic heterocycles. The van der Waals surface area contributed by atoms with Crippen LogP contribution in [0.3, 0.4) is 0 Å². The van der Waals surface area contributed by atoms with Gasteiger partial charge in [0, 0.05) is 0 Å². The number of aryl methyl sites for hydroxylation is 2.